The number of hydrogen-bond donors (Lipinski definition) is 1. The van der Waals surface area contributed by atoms with Crippen molar-refractivity contribution in [2.24, 2.45) is 13.0 Å². The summed E-state index contributed by atoms with van der Waals surface area (Å²) in [4.78, 5) is 36.6. The molecule has 1 saturated heterocycles. The summed E-state index contributed by atoms with van der Waals surface area (Å²) in [7, 11) is 3.30. The zero-order valence-corrected chi connectivity index (χ0v) is 19.2. The fourth-order valence-corrected chi connectivity index (χ4v) is 4.16. The maximum absolute atomic E-state index is 12.9. The number of aryl methyl sites for hydroxylation is 1. The van der Waals surface area contributed by atoms with Gasteiger partial charge in [-0.3, -0.25) is 14.2 Å². The number of benzene rings is 1. The van der Waals surface area contributed by atoms with E-state index in [0.29, 0.717) is 54.7 Å². The number of carbonyl (C=O) groups is 1. The number of nitrogens with one attached hydrogen (secondary N) is 1. The summed E-state index contributed by atoms with van der Waals surface area (Å²) in [6.45, 7) is 3.97. The van der Waals surface area contributed by atoms with Crippen LogP contribution in [0, 0.1) is 5.92 Å². The second-order valence-electron chi connectivity index (χ2n) is 8.07. The molecule has 0 radical (unpaired) electrons. The lowest BCUT2D eigenvalue weighted by molar-refractivity contribution is -0.125. The molecular weight excluding hydrogens is 422 g/mol. The average Bonchev–Trinajstić information content (AvgIpc) is 2.85. The van der Waals surface area contributed by atoms with Gasteiger partial charge < -0.3 is 19.7 Å². The summed E-state index contributed by atoms with van der Waals surface area (Å²) in [5.74, 6) is 1.43. The molecule has 0 aliphatic carbocycles. The first kappa shape index (κ1) is 22.6. The number of amides is 1. The predicted molar refractivity (Wildman–Crippen MR) is 126 cm³/mol. The van der Waals surface area contributed by atoms with E-state index in [1.807, 2.05) is 36.1 Å². The molecule has 9 heteroatoms. The van der Waals surface area contributed by atoms with E-state index in [-0.39, 0.29) is 17.4 Å². The molecule has 2 aromatic heterocycles. The number of fused-ring (bicyclic) bond motifs is 1. The van der Waals surface area contributed by atoms with E-state index in [0.717, 1.165) is 18.4 Å². The van der Waals surface area contributed by atoms with Gasteiger partial charge in [-0.15, -0.1) is 0 Å². The maximum atomic E-state index is 12.9. The topological polar surface area (TPSA) is 98.6 Å². The highest BCUT2D eigenvalue weighted by Crippen LogP contribution is 2.28. The molecule has 1 aromatic carbocycles. The molecule has 1 amide bonds. The Morgan fingerprint density at radius 2 is 2.12 bits per heavy atom. The van der Waals surface area contributed by atoms with Crippen molar-refractivity contribution in [3.8, 4) is 11.5 Å². The van der Waals surface area contributed by atoms with Gasteiger partial charge in [0.15, 0.2) is 23.0 Å². The molecule has 9 nitrogen and oxygen atoms in total. The molecule has 3 heterocycles. The van der Waals surface area contributed by atoms with Crippen molar-refractivity contribution in [3.63, 3.8) is 0 Å². The molecule has 1 N–H and O–H groups in total. The third-order valence-corrected chi connectivity index (χ3v) is 5.89. The minimum absolute atomic E-state index is 0.0345. The standard InChI is InChI=1S/C24H29N5O4/c1-4-33-20-13-16(9-10-19(20)32-3)14-26-23(30)17-7-6-12-29(15-17)22-24(31)28(2)21-18(27-22)8-5-11-25-21/h5,8-11,13,17H,4,6-7,12,14-15H2,1-3H3,(H,26,30). The Bertz CT molecular complexity index is 1210. The van der Waals surface area contributed by atoms with E-state index in [1.54, 1.807) is 26.4 Å². The first-order chi connectivity index (χ1) is 16.0. The van der Waals surface area contributed by atoms with Crippen LogP contribution in [-0.2, 0) is 18.4 Å². The Labute approximate surface area is 192 Å². The number of carbonyl (C=O) groups excluding carboxylic acids is 1. The van der Waals surface area contributed by atoms with Gasteiger partial charge in [0.05, 0.1) is 19.6 Å². The van der Waals surface area contributed by atoms with Gasteiger partial charge >= 0.3 is 0 Å². The first-order valence-electron chi connectivity index (χ1n) is 11.2. The second kappa shape index (κ2) is 9.89. The molecule has 33 heavy (non-hydrogen) atoms. The van der Waals surface area contributed by atoms with Crippen molar-refractivity contribution in [2.45, 2.75) is 26.3 Å². The van der Waals surface area contributed by atoms with E-state index >= 15 is 0 Å². The van der Waals surface area contributed by atoms with Crippen LogP contribution in [0.4, 0.5) is 5.82 Å². The van der Waals surface area contributed by atoms with Gasteiger partial charge in [0.2, 0.25) is 5.91 Å². The van der Waals surface area contributed by atoms with Crippen molar-refractivity contribution in [2.75, 3.05) is 31.7 Å². The zero-order valence-electron chi connectivity index (χ0n) is 19.2. The summed E-state index contributed by atoms with van der Waals surface area (Å²) in [6.07, 6.45) is 3.22. The van der Waals surface area contributed by atoms with Crippen LogP contribution >= 0.6 is 0 Å². The van der Waals surface area contributed by atoms with Crippen molar-refractivity contribution >= 4 is 22.9 Å². The highest BCUT2D eigenvalue weighted by Gasteiger charge is 2.28. The molecule has 1 fully saturated rings. The number of anilines is 1. The summed E-state index contributed by atoms with van der Waals surface area (Å²) >= 11 is 0. The van der Waals surface area contributed by atoms with E-state index in [1.165, 1.54) is 4.57 Å². The summed E-state index contributed by atoms with van der Waals surface area (Å²) in [5, 5.41) is 3.03. The first-order valence-corrected chi connectivity index (χ1v) is 11.2. The van der Waals surface area contributed by atoms with Crippen LogP contribution in [0.3, 0.4) is 0 Å². The van der Waals surface area contributed by atoms with Gasteiger partial charge in [0.1, 0.15) is 5.52 Å². The van der Waals surface area contributed by atoms with Crippen LogP contribution in [0.5, 0.6) is 11.5 Å². The Kier molecular flexibility index (Phi) is 6.76. The third-order valence-electron chi connectivity index (χ3n) is 5.89. The fourth-order valence-electron chi connectivity index (χ4n) is 4.16. The Morgan fingerprint density at radius 1 is 1.27 bits per heavy atom. The van der Waals surface area contributed by atoms with Gasteiger partial charge in [-0.05, 0) is 49.6 Å². The van der Waals surface area contributed by atoms with Gasteiger partial charge in [0.25, 0.3) is 5.56 Å². The lowest BCUT2D eigenvalue weighted by Crippen LogP contribution is -2.45. The van der Waals surface area contributed by atoms with Gasteiger partial charge in [-0.2, -0.15) is 0 Å². The lowest BCUT2D eigenvalue weighted by atomic mass is 9.97. The number of aromatic nitrogens is 3. The molecule has 0 saturated carbocycles. The number of nitrogens with zero attached hydrogens (tertiary/aromatic N) is 4. The Morgan fingerprint density at radius 3 is 2.91 bits per heavy atom. The van der Waals surface area contributed by atoms with E-state index in [9.17, 15) is 9.59 Å². The van der Waals surface area contributed by atoms with Crippen molar-refractivity contribution in [3.05, 3.63) is 52.4 Å². The van der Waals surface area contributed by atoms with Crippen LogP contribution in [0.25, 0.3) is 11.2 Å². The molecule has 3 aromatic rings. The number of pyridine rings is 1. The minimum Gasteiger partial charge on any atom is -0.493 e. The summed E-state index contributed by atoms with van der Waals surface area (Å²) in [6, 6.07) is 9.26. The molecule has 1 atom stereocenters. The molecular formula is C24H29N5O4. The number of hydrogen-bond acceptors (Lipinski definition) is 7. The van der Waals surface area contributed by atoms with Crippen LogP contribution in [0.2, 0.25) is 0 Å². The van der Waals surface area contributed by atoms with Crippen LogP contribution in [0.1, 0.15) is 25.3 Å². The summed E-state index contributed by atoms with van der Waals surface area (Å²) < 4.78 is 12.5. The van der Waals surface area contributed by atoms with Crippen molar-refractivity contribution in [1.29, 1.82) is 0 Å². The highest BCUT2D eigenvalue weighted by atomic mass is 16.5. The Balaban J connectivity index is 1.45. The van der Waals surface area contributed by atoms with Crippen LogP contribution in [-0.4, -0.2) is 47.2 Å². The van der Waals surface area contributed by atoms with E-state index < -0.39 is 0 Å². The highest BCUT2D eigenvalue weighted by molar-refractivity contribution is 5.79. The minimum atomic E-state index is -0.223. The van der Waals surface area contributed by atoms with Crippen LogP contribution < -0.4 is 25.2 Å². The van der Waals surface area contributed by atoms with Gasteiger partial charge in [0, 0.05) is 32.9 Å². The fraction of sp³-hybridized carbons (Fsp3) is 0.417. The monoisotopic (exact) mass is 451 g/mol. The maximum Gasteiger partial charge on any atom is 0.294 e. The van der Waals surface area contributed by atoms with E-state index in [2.05, 4.69) is 15.3 Å². The van der Waals surface area contributed by atoms with Gasteiger partial charge in [-0.1, -0.05) is 6.07 Å². The number of ether oxygens (including phenoxy) is 2. The smallest absolute Gasteiger partial charge is 0.294 e. The SMILES string of the molecule is CCOc1cc(CNC(=O)C2CCCN(c3nc4cccnc4n(C)c3=O)C2)ccc1OC. The van der Waals surface area contributed by atoms with Crippen molar-refractivity contribution < 1.29 is 14.3 Å². The zero-order chi connectivity index (χ0) is 23.4. The molecule has 4 rings (SSSR count). The summed E-state index contributed by atoms with van der Waals surface area (Å²) in [5.41, 5.74) is 1.93. The third kappa shape index (κ3) is 4.76. The Hall–Kier alpha value is -3.62. The number of piperidine rings is 1. The second-order valence-corrected chi connectivity index (χ2v) is 8.07. The largest absolute Gasteiger partial charge is 0.493 e. The predicted octanol–water partition coefficient (Wildman–Crippen LogP) is 2.27. The van der Waals surface area contributed by atoms with Gasteiger partial charge in [-0.25, -0.2) is 9.97 Å². The molecule has 1 unspecified atom stereocenters. The average molecular weight is 452 g/mol. The number of rotatable bonds is 7. The van der Waals surface area contributed by atoms with Crippen LogP contribution in [0.15, 0.2) is 41.3 Å². The quantitative estimate of drug-likeness (QED) is 0.588. The molecule has 0 spiro atoms. The lowest BCUT2D eigenvalue weighted by Gasteiger charge is -2.32. The van der Waals surface area contributed by atoms with Crippen molar-refractivity contribution in [1.82, 2.24) is 19.9 Å². The van der Waals surface area contributed by atoms with E-state index in [4.69, 9.17) is 9.47 Å². The molecule has 174 valence electrons. The molecule has 1 aliphatic rings. The normalized spacial score (nSPS) is 16.0. The number of methoxy groups -OCH3 is 1. The molecule has 1 aliphatic heterocycles. The molecule has 0 bridgehead atoms.